The zero-order valence-electron chi connectivity index (χ0n) is 49.1. The summed E-state index contributed by atoms with van der Waals surface area (Å²) in [6, 6.07) is 42.1. The Balaban J connectivity index is 0.000000139. The van der Waals surface area contributed by atoms with Crippen molar-refractivity contribution in [3.8, 4) is 28.7 Å². The van der Waals surface area contributed by atoms with Crippen molar-refractivity contribution < 1.29 is 34.1 Å². The summed E-state index contributed by atoms with van der Waals surface area (Å²) in [5.41, 5.74) is 15.2. The number of allylic oxidation sites excluding steroid dienone is 1. The molecular formula is C73H77NO7S. The van der Waals surface area contributed by atoms with Crippen LogP contribution in [0.2, 0.25) is 0 Å². The quantitative estimate of drug-likeness (QED) is 0.0826. The molecule has 4 saturated carbocycles. The van der Waals surface area contributed by atoms with E-state index in [1.807, 2.05) is 36.0 Å². The van der Waals surface area contributed by atoms with Gasteiger partial charge in [0.25, 0.3) is 0 Å². The summed E-state index contributed by atoms with van der Waals surface area (Å²) in [5, 5.41) is 20.3. The molecule has 0 atom stereocenters. The monoisotopic (exact) mass is 1110 g/mol. The molecule has 4 fully saturated rings. The first-order chi connectivity index (χ1) is 39.1. The number of esters is 1. The Morgan fingerprint density at radius 1 is 0.610 bits per heavy atom. The van der Waals surface area contributed by atoms with Gasteiger partial charge < -0.3 is 19.7 Å². The number of hydrogen-bond acceptors (Lipinski definition) is 7. The highest BCUT2D eigenvalue weighted by Crippen LogP contribution is 2.62. The van der Waals surface area contributed by atoms with Gasteiger partial charge in [-0.25, -0.2) is 19.4 Å². The average Bonchev–Trinajstić information content (AvgIpc) is 2.61. The van der Waals surface area contributed by atoms with Crippen LogP contribution in [0.3, 0.4) is 0 Å². The first kappa shape index (κ1) is 57.8. The smallest absolute Gasteiger partial charge is 0.339 e. The number of aromatic carboxylic acids is 2. The average molecular weight is 1110 g/mol. The van der Waals surface area contributed by atoms with Crippen LogP contribution in [0.1, 0.15) is 189 Å². The van der Waals surface area contributed by atoms with Crippen LogP contribution in [0.5, 0.6) is 5.75 Å². The van der Waals surface area contributed by atoms with Crippen molar-refractivity contribution >= 4 is 52.1 Å². The van der Waals surface area contributed by atoms with Gasteiger partial charge in [0.2, 0.25) is 0 Å². The number of carbonyl (C=O) groups is 3. The second-order valence-electron chi connectivity index (χ2n) is 25.6. The molecule has 4 bridgehead atoms. The van der Waals surface area contributed by atoms with E-state index < -0.39 is 11.9 Å². The molecule has 2 heterocycles. The topological polar surface area (TPSA) is 123 Å². The highest BCUT2D eigenvalue weighted by Gasteiger charge is 2.52. The fourth-order valence-corrected chi connectivity index (χ4v) is 15.4. The molecule has 0 amide bonds. The van der Waals surface area contributed by atoms with Gasteiger partial charge in [-0.1, -0.05) is 108 Å². The number of carboxylic acids is 2. The highest BCUT2D eigenvalue weighted by molar-refractivity contribution is 7.99. The van der Waals surface area contributed by atoms with Crippen molar-refractivity contribution in [3.05, 3.63) is 195 Å². The van der Waals surface area contributed by atoms with E-state index in [1.54, 1.807) is 50.4 Å². The Labute approximate surface area is 489 Å². The van der Waals surface area contributed by atoms with Crippen molar-refractivity contribution in [1.29, 1.82) is 0 Å². The van der Waals surface area contributed by atoms with E-state index in [1.165, 1.54) is 119 Å². The van der Waals surface area contributed by atoms with Gasteiger partial charge in [0, 0.05) is 22.2 Å². The molecule has 82 heavy (non-hydrogen) atoms. The lowest BCUT2D eigenvalue weighted by atomic mass is 9.48. The van der Waals surface area contributed by atoms with Crippen molar-refractivity contribution in [2.45, 2.75) is 140 Å². The molecule has 1 aromatic heterocycles. The second kappa shape index (κ2) is 23.5. The van der Waals surface area contributed by atoms with Gasteiger partial charge in [-0.3, -0.25) is 0 Å². The molecular weight excluding hydrogens is 1030 g/mol. The van der Waals surface area contributed by atoms with Crippen LogP contribution < -0.4 is 4.74 Å². The molecule has 5 aliphatic carbocycles. The van der Waals surface area contributed by atoms with Crippen LogP contribution in [0, 0.1) is 29.6 Å². The molecule has 1 aliphatic heterocycles. The number of nitrogens with zero attached hydrogens (tertiary/aromatic N) is 1. The molecule has 0 unspecified atom stereocenters. The van der Waals surface area contributed by atoms with Gasteiger partial charge in [0.05, 0.1) is 30.4 Å². The molecule has 422 valence electrons. The van der Waals surface area contributed by atoms with Crippen LogP contribution in [0.15, 0.2) is 138 Å². The number of pyridine rings is 1. The second-order valence-corrected chi connectivity index (χ2v) is 26.7. The zero-order chi connectivity index (χ0) is 58.1. The van der Waals surface area contributed by atoms with Gasteiger partial charge in [-0.15, -0.1) is 11.8 Å². The van der Waals surface area contributed by atoms with E-state index in [4.69, 9.17) is 14.6 Å². The fraction of sp³-hybridized carbons (Fsp3) is 0.370. The standard InChI is InChI=1S/C28H28O3.C24H28O2.C21H21NO2S/c1-31-26-7-6-23(21-2-3-22-12-24(27(29)30)5-4-20(22)11-21)13-25(26)28-14-17-8-18(15-28)10-19(9-17)16-28;1-16(14-17-6-8-18(9-7-17)22(25)26)19-10-11-20-21(15-19)24(4,5)13-12-23(20,2)3;1-4-24-20(23)16-7-9-17(22-14-16)8-5-15-6-10-19-18(13-15)21(2,3)11-12-25-19/h2-7,11-13,17-19H,8-10,14-16H2,1H3,(H,29,30);6-11,14-15H,12-13H2,1-5H3,(H,25,26);6-7,9-10,13-14H,4,11-12H2,1-3H3/b;16-14+;. The summed E-state index contributed by atoms with van der Waals surface area (Å²) in [5.74, 6) is 9.01. The lowest BCUT2D eigenvalue weighted by Crippen LogP contribution is -2.48. The van der Waals surface area contributed by atoms with Crippen LogP contribution in [0.25, 0.3) is 33.5 Å². The van der Waals surface area contributed by atoms with Gasteiger partial charge in [-0.05, 0) is 251 Å². The normalized spacial score (nSPS) is 21.2. The number of rotatable bonds is 9. The molecule has 2 N–H and O–H groups in total. The minimum Gasteiger partial charge on any atom is -0.496 e. The maximum atomic E-state index is 11.6. The van der Waals surface area contributed by atoms with Gasteiger partial charge >= 0.3 is 17.9 Å². The third-order valence-corrected chi connectivity index (χ3v) is 19.5. The predicted octanol–water partition coefficient (Wildman–Crippen LogP) is 17.4. The molecule has 7 aromatic rings. The van der Waals surface area contributed by atoms with E-state index >= 15 is 0 Å². The minimum absolute atomic E-state index is 0.192. The van der Waals surface area contributed by atoms with Crippen molar-refractivity contribution in [3.63, 3.8) is 0 Å². The number of methoxy groups -OCH3 is 1. The van der Waals surface area contributed by atoms with E-state index in [2.05, 4.69) is 138 Å². The maximum absolute atomic E-state index is 11.6. The summed E-state index contributed by atoms with van der Waals surface area (Å²) in [7, 11) is 1.80. The van der Waals surface area contributed by atoms with Gasteiger partial charge in [0.15, 0.2) is 0 Å². The number of fused-ring (bicyclic) bond motifs is 3. The van der Waals surface area contributed by atoms with E-state index in [9.17, 15) is 19.5 Å². The van der Waals surface area contributed by atoms with Crippen LogP contribution in [0.4, 0.5) is 0 Å². The van der Waals surface area contributed by atoms with E-state index in [0.717, 1.165) is 45.4 Å². The van der Waals surface area contributed by atoms with Gasteiger partial charge in [0.1, 0.15) is 11.4 Å². The summed E-state index contributed by atoms with van der Waals surface area (Å²) < 4.78 is 10.8. The number of carbonyl (C=O) groups excluding carboxylic acids is 1. The Hall–Kier alpha value is -7.41. The first-order valence-corrected chi connectivity index (χ1v) is 30.2. The summed E-state index contributed by atoms with van der Waals surface area (Å²) in [6.45, 7) is 18.2. The third kappa shape index (κ3) is 12.5. The third-order valence-electron chi connectivity index (χ3n) is 18.4. The maximum Gasteiger partial charge on any atom is 0.339 e. The number of aromatic nitrogens is 1. The van der Waals surface area contributed by atoms with Crippen molar-refractivity contribution in [2.24, 2.45) is 17.8 Å². The first-order valence-electron chi connectivity index (χ1n) is 29.2. The van der Waals surface area contributed by atoms with Crippen LogP contribution >= 0.6 is 11.8 Å². The van der Waals surface area contributed by atoms with Crippen LogP contribution in [-0.4, -0.2) is 52.6 Å². The molecule has 9 heteroatoms. The predicted molar refractivity (Wildman–Crippen MR) is 332 cm³/mol. The number of ether oxygens (including phenoxy) is 2. The molecule has 8 nitrogen and oxygen atoms in total. The van der Waals surface area contributed by atoms with Crippen molar-refractivity contribution in [2.75, 3.05) is 19.5 Å². The SMILES string of the molecule is C/C(=C\c1ccc(C(=O)O)cc1)c1ccc2c(c1)C(C)(C)CCC2(C)C.CCOC(=O)c1ccc(C#Cc2ccc3c(c2)C(C)(C)CCS3)nc1.COc1ccc(-c2ccc3cc(C(=O)O)ccc3c2)cc1C12CC3CC(CC(C3)C1)C2. The lowest BCUT2D eigenvalue weighted by Gasteiger charge is -2.57. The molecule has 0 saturated heterocycles. The number of thioether (sulfide) groups is 1. The highest BCUT2D eigenvalue weighted by atomic mass is 32.2. The van der Waals surface area contributed by atoms with Crippen molar-refractivity contribution in [1.82, 2.24) is 4.98 Å². The molecule has 0 radical (unpaired) electrons. The van der Waals surface area contributed by atoms with E-state index in [-0.39, 0.29) is 27.6 Å². The van der Waals surface area contributed by atoms with E-state index in [0.29, 0.717) is 29.0 Å². The number of benzene rings is 6. The Morgan fingerprint density at radius 2 is 1.21 bits per heavy atom. The zero-order valence-corrected chi connectivity index (χ0v) is 49.9. The number of hydrogen-bond donors (Lipinski definition) is 2. The molecule has 0 spiro atoms. The Kier molecular flexibility index (Phi) is 16.5. The number of carboxylic acid groups (broad SMARTS) is 2. The molecule has 6 aromatic carbocycles. The largest absolute Gasteiger partial charge is 0.496 e. The molecule has 13 rings (SSSR count). The summed E-state index contributed by atoms with van der Waals surface area (Å²) >= 11 is 1.92. The molecule has 6 aliphatic rings. The summed E-state index contributed by atoms with van der Waals surface area (Å²) in [6.07, 6.45) is 15.5. The summed E-state index contributed by atoms with van der Waals surface area (Å²) in [4.78, 5) is 39.5. The van der Waals surface area contributed by atoms with Gasteiger partial charge in [-0.2, -0.15) is 0 Å². The fourth-order valence-electron chi connectivity index (χ4n) is 13.9. The Morgan fingerprint density at radius 3 is 1.85 bits per heavy atom. The minimum atomic E-state index is -0.892. The lowest BCUT2D eigenvalue weighted by molar-refractivity contribution is -0.00614. The van der Waals surface area contributed by atoms with Crippen LogP contribution in [-0.2, 0) is 26.4 Å². The Bertz CT molecular complexity index is 3630.